The highest BCUT2D eigenvalue weighted by molar-refractivity contribution is 7.89. The fraction of sp³-hybridized carbons (Fsp3) is 0.500. The van der Waals surface area contributed by atoms with Crippen LogP contribution in [0.4, 0.5) is 4.39 Å². The SMILES string of the molecule is CCCCCN(C)S(=O)(=O)c1ccc(F)cc1. The first-order valence-electron chi connectivity index (χ1n) is 5.70. The van der Waals surface area contributed by atoms with Crippen LogP contribution in [0.15, 0.2) is 29.2 Å². The van der Waals surface area contributed by atoms with Gasteiger partial charge >= 0.3 is 0 Å². The molecule has 96 valence electrons. The third-order valence-corrected chi connectivity index (χ3v) is 4.47. The zero-order valence-corrected chi connectivity index (χ0v) is 11.0. The average molecular weight is 259 g/mol. The molecule has 1 aromatic rings. The summed E-state index contributed by atoms with van der Waals surface area (Å²) in [4.78, 5) is 0.137. The summed E-state index contributed by atoms with van der Waals surface area (Å²) in [5.41, 5.74) is 0. The van der Waals surface area contributed by atoms with E-state index >= 15 is 0 Å². The van der Waals surface area contributed by atoms with Crippen molar-refractivity contribution in [3.05, 3.63) is 30.1 Å². The molecule has 1 rings (SSSR count). The first-order valence-corrected chi connectivity index (χ1v) is 7.14. The molecular formula is C12H18FNO2S. The quantitative estimate of drug-likeness (QED) is 0.736. The Morgan fingerprint density at radius 3 is 2.29 bits per heavy atom. The summed E-state index contributed by atoms with van der Waals surface area (Å²) >= 11 is 0. The second kappa shape index (κ2) is 6.12. The molecule has 0 aliphatic heterocycles. The van der Waals surface area contributed by atoms with Crippen LogP contribution in [0.5, 0.6) is 0 Å². The molecule has 0 saturated heterocycles. The Bertz CT molecular complexity index is 442. The number of halogens is 1. The molecule has 0 aliphatic carbocycles. The van der Waals surface area contributed by atoms with Gasteiger partial charge in [0.25, 0.3) is 0 Å². The molecule has 0 unspecified atom stereocenters. The Balaban J connectivity index is 2.76. The summed E-state index contributed by atoms with van der Waals surface area (Å²) < 4.78 is 38.1. The highest BCUT2D eigenvalue weighted by atomic mass is 32.2. The van der Waals surface area contributed by atoms with Gasteiger partial charge in [0.15, 0.2) is 0 Å². The Morgan fingerprint density at radius 2 is 1.76 bits per heavy atom. The van der Waals surface area contributed by atoms with Crippen molar-refractivity contribution in [2.45, 2.75) is 31.1 Å². The third-order valence-electron chi connectivity index (χ3n) is 2.60. The van der Waals surface area contributed by atoms with Gasteiger partial charge in [-0.2, -0.15) is 0 Å². The minimum Gasteiger partial charge on any atom is -0.207 e. The maximum atomic E-state index is 12.7. The van der Waals surface area contributed by atoms with Crippen molar-refractivity contribution in [1.29, 1.82) is 0 Å². The first-order chi connectivity index (χ1) is 7.98. The van der Waals surface area contributed by atoms with Gasteiger partial charge in [0, 0.05) is 13.6 Å². The van der Waals surface area contributed by atoms with Crippen LogP contribution in [-0.4, -0.2) is 26.3 Å². The van der Waals surface area contributed by atoms with E-state index in [0.29, 0.717) is 6.54 Å². The van der Waals surface area contributed by atoms with Crippen molar-refractivity contribution in [2.75, 3.05) is 13.6 Å². The fourth-order valence-corrected chi connectivity index (χ4v) is 2.70. The van der Waals surface area contributed by atoms with E-state index in [9.17, 15) is 12.8 Å². The third kappa shape index (κ3) is 3.78. The molecular weight excluding hydrogens is 241 g/mol. The van der Waals surface area contributed by atoms with E-state index < -0.39 is 15.8 Å². The van der Waals surface area contributed by atoms with Gasteiger partial charge in [-0.25, -0.2) is 17.1 Å². The average Bonchev–Trinajstić information content (AvgIpc) is 2.29. The highest BCUT2D eigenvalue weighted by Gasteiger charge is 2.19. The van der Waals surface area contributed by atoms with E-state index in [-0.39, 0.29) is 4.90 Å². The molecule has 17 heavy (non-hydrogen) atoms. The molecule has 0 heterocycles. The van der Waals surface area contributed by atoms with Crippen LogP contribution in [0.3, 0.4) is 0 Å². The van der Waals surface area contributed by atoms with E-state index in [1.165, 1.54) is 16.4 Å². The Hall–Kier alpha value is -0.940. The second-order valence-corrected chi connectivity index (χ2v) is 6.03. The van der Waals surface area contributed by atoms with E-state index in [4.69, 9.17) is 0 Å². The molecule has 0 amide bonds. The smallest absolute Gasteiger partial charge is 0.207 e. The summed E-state index contributed by atoms with van der Waals surface area (Å²) in [5.74, 6) is -0.433. The molecule has 1 aromatic carbocycles. The van der Waals surface area contributed by atoms with E-state index in [1.807, 2.05) is 0 Å². The van der Waals surface area contributed by atoms with Crippen LogP contribution in [-0.2, 0) is 10.0 Å². The molecule has 0 saturated carbocycles. The molecule has 0 bridgehead atoms. The molecule has 0 aliphatic rings. The van der Waals surface area contributed by atoms with Crippen LogP contribution in [0.2, 0.25) is 0 Å². The zero-order valence-electron chi connectivity index (χ0n) is 10.2. The van der Waals surface area contributed by atoms with Crippen LogP contribution < -0.4 is 0 Å². The van der Waals surface area contributed by atoms with Gasteiger partial charge in [-0.1, -0.05) is 19.8 Å². The van der Waals surface area contributed by atoms with E-state index in [1.54, 1.807) is 7.05 Å². The standard InChI is InChI=1S/C12H18FNO2S/c1-3-4-5-10-14(2)17(15,16)12-8-6-11(13)7-9-12/h6-9H,3-5,10H2,1-2H3. The predicted molar refractivity (Wildman–Crippen MR) is 65.7 cm³/mol. The molecule has 0 atom stereocenters. The van der Waals surface area contributed by atoms with Gasteiger partial charge in [0.2, 0.25) is 10.0 Å². The first kappa shape index (κ1) is 14.1. The molecule has 5 heteroatoms. The Labute approximate surface area is 102 Å². The molecule has 0 spiro atoms. The number of hydrogen-bond acceptors (Lipinski definition) is 2. The maximum absolute atomic E-state index is 12.7. The van der Waals surface area contributed by atoms with Crippen molar-refractivity contribution < 1.29 is 12.8 Å². The van der Waals surface area contributed by atoms with Crippen molar-refractivity contribution >= 4 is 10.0 Å². The molecule has 0 aromatic heterocycles. The van der Waals surface area contributed by atoms with E-state index in [2.05, 4.69) is 6.92 Å². The van der Waals surface area contributed by atoms with Gasteiger partial charge < -0.3 is 0 Å². The number of hydrogen-bond donors (Lipinski definition) is 0. The molecule has 0 N–H and O–H groups in total. The van der Waals surface area contributed by atoms with Gasteiger partial charge in [-0.05, 0) is 30.7 Å². The van der Waals surface area contributed by atoms with Gasteiger partial charge in [0.1, 0.15) is 5.82 Å². The van der Waals surface area contributed by atoms with Gasteiger partial charge in [-0.3, -0.25) is 0 Å². The number of unbranched alkanes of at least 4 members (excludes halogenated alkanes) is 2. The minimum absolute atomic E-state index is 0.137. The van der Waals surface area contributed by atoms with E-state index in [0.717, 1.165) is 31.4 Å². The molecule has 3 nitrogen and oxygen atoms in total. The number of benzene rings is 1. The van der Waals surface area contributed by atoms with Crippen molar-refractivity contribution in [1.82, 2.24) is 4.31 Å². The number of rotatable bonds is 6. The van der Waals surface area contributed by atoms with Crippen molar-refractivity contribution in [2.24, 2.45) is 0 Å². The zero-order chi connectivity index (χ0) is 12.9. The van der Waals surface area contributed by atoms with Crippen LogP contribution in [0.1, 0.15) is 26.2 Å². The van der Waals surface area contributed by atoms with Crippen LogP contribution in [0.25, 0.3) is 0 Å². The number of sulfonamides is 1. The predicted octanol–water partition coefficient (Wildman–Crippen LogP) is 2.64. The van der Waals surface area contributed by atoms with Crippen molar-refractivity contribution in [3.63, 3.8) is 0 Å². The van der Waals surface area contributed by atoms with Crippen LogP contribution >= 0.6 is 0 Å². The Kier molecular flexibility index (Phi) is 5.08. The summed E-state index contributed by atoms with van der Waals surface area (Å²) in [6, 6.07) is 4.90. The Morgan fingerprint density at radius 1 is 1.18 bits per heavy atom. The summed E-state index contributed by atoms with van der Waals surface area (Å²) in [5, 5.41) is 0. The topological polar surface area (TPSA) is 37.4 Å². The lowest BCUT2D eigenvalue weighted by molar-refractivity contribution is 0.454. The lowest BCUT2D eigenvalue weighted by atomic mass is 10.2. The molecule has 0 radical (unpaired) electrons. The largest absolute Gasteiger partial charge is 0.242 e. The second-order valence-electron chi connectivity index (χ2n) is 3.99. The summed E-state index contributed by atoms with van der Waals surface area (Å²) in [6.45, 7) is 2.56. The lowest BCUT2D eigenvalue weighted by Gasteiger charge is -2.16. The highest BCUT2D eigenvalue weighted by Crippen LogP contribution is 2.15. The summed E-state index contributed by atoms with van der Waals surface area (Å²) in [7, 11) is -1.92. The monoisotopic (exact) mass is 259 g/mol. The van der Waals surface area contributed by atoms with Gasteiger partial charge in [-0.15, -0.1) is 0 Å². The summed E-state index contributed by atoms with van der Waals surface area (Å²) in [6.07, 6.45) is 2.89. The van der Waals surface area contributed by atoms with Crippen molar-refractivity contribution in [3.8, 4) is 0 Å². The normalized spacial score (nSPS) is 12.0. The number of nitrogens with zero attached hydrogens (tertiary/aromatic N) is 1. The fourth-order valence-electron chi connectivity index (χ4n) is 1.49. The lowest BCUT2D eigenvalue weighted by Crippen LogP contribution is -2.27. The minimum atomic E-state index is -3.47. The van der Waals surface area contributed by atoms with Gasteiger partial charge in [0.05, 0.1) is 4.90 Å². The molecule has 0 fully saturated rings. The maximum Gasteiger partial charge on any atom is 0.242 e. The van der Waals surface area contributed by atoms with Crippen LogP contribution in [0, 0.1) is 5.82 Å².